The van der Waals surface area contributed by atoms with E-state index >= 15 is 0 Å². The van der Waals surface area contributed by atoms with Crippen molar-refractivity contribution in [3.63, 3.8) is 0 Å². The highest BCUT2D eigenvalue weighted by atomic mass is 19.1. The molecule has 1 amide bonds. The Morgan fingerprint density at radius 3 is 2.43 bits per heavy atom. The highest BCUT2D eigenvalue weighted by Gasteiger charge is 2.23. The number of benzene rings is 3. The first kappa shape index (κ1) is 24.7. The molecule has 5 nitrogen and oxygen atoms in total. The van der Waals surface area contributed by atoms with E-state index in [2.05, 4.69) is 30.2 Å². The summed E-state index contributed by atoms with van der Waals surface area (Å²) in [5.74, 6) is 1.29. The molecule has 1 aromatic heterocycles. The van der Waals surface area contributed by atoms with Crippen molar-refractivity contribution in [2.45, 2.75) is 51.4 Å². The summed E-state index contributed by atoms with van der Waals surface area (Å²) >= 11 is 0. The van der Waals surface area contributed by atoms with E-state index in [9.17, 15) is 14.4 Å². The summed E-state index contributed by atoms with van der Waals surface area (Å²) in [6, 6.07) is 19.9. The Bertz CT molecular complexity index is 1440. The number of rotatable bonds is 6. The van der Waals surface area contributed by atoms with Crippen LogP contribution in [0.1, 0.15) is 78.4 Å². The molecule has 1 saturated carbocycles. The van der Waals surface area contributed by atoms with Crippen LogP contribution in [0.5, 0.6) is 0 Å². The van der Waals surface area contributed by atoms with Crippen LogP contribution in [-0.2, 0) is 0 Å². The molecule has 0 aliphatic heterocycles. The first-order valence-electron chi connectivity index (χ1n) is 12.9. The monoisotopic (exact) mass is 495 g/mol. The van der Waals surface area contributed by atoms with Crippen molar-refractivity contribution in [2.24, 2.45) is 5.92 Å². The lowest BCUT2D eigenvalue weighted by atomic mass is 9.78. The fourth-order valence-corrected chi connectivity index (χ4v) is 5.21. The molecule has 0 radical (unpaired) electrons. The van der Waals surface area contributed by atoms with E-state index in [1.165, 1.54) is 17.7 Å². The van der Waals surface area contributed by atoms with Gasteiger partial charge < -0.3 is 9.73 Å². The van der Waals surface area contributed by atoms with Crippen LogP contribution in [-0.4, -0.2) is 17.4 Å². The van der Waals surface area contributed by atoms with Gasteiger partial charge in [0, 0.05) is 23.2 Å². The lowest BCUT2D eigenvalue weighted by Crippen LogP contribution is -2.31. The van der Waals surface area contributed by atoms with Crippen molar-refractivity contribution in [3.05, 3.63) is 88.7 Å². The molecule has 6 heteroatoms. The Morgan fingerprint density at radius 1 is 1.08 bits per heavy atom. The zero-order valence-electron chi connectivity index (χ0n) is 21.1. The van der Waals surface area contributed by atoms with Crippen molar-refractivity contribution in [1.82, 2.24) is 10.3 Å². The normalized spacial score (nSPS) is 17.6. The molecular weight excluding hydrogens is 465 g/mol. The van der Waals surface area contributed by atoms with Gasteiger partial charge in [0.25, 0.3) is 5.91 Å². The Labute approximate surface area is 216 Å². The molecule has 5 rings (SSSR count). The minimum Gasteiger partial charge on any atom is -0.436 e. The van der Waals surface area contributed by atoms with E-state index in [1.807, 2.05) is 30.3 Å². The molecule has 0 unspecified atom stereocenters. The molecule has 4 aromatic rings. The largest absolute Gasteiger partial charge is 0.436 e. The zero-order chi connectivity index (χ0) is 25.9. The van der Waals surface area contributed by atoms with E-state index in [-0.39, 0.29) is 17.6 Å². The van der Waals surface area contributed by atoms with Gasteiger partial charge in [0.15, 0.2) is 5.58 Å². The minimum atomic E-state index is -0.198. The third-order valence-corrected chi connectivity index (χ3v) is 7.40. The van der Waals surface area contributed by atoms with Crippen LogP contribution in [0.3, 0.4) is 0 Å². The fraction of sp³-hybridized carbons (Fsp3) is 0.323. The van der Waals surface area contributed by atoms with Gasteiger partial charge in [0.1, 0.15) is 11.3 Å². The predicted octanol–water partition coefficient (Wildman–Crippen LogP) is 7.33. The summed E-state index contributed by atoms with van der Waals surface area (Å²) in [4.78, 5) is 17.4. The summed E-state index contributed by atoms with van der Waals surface area (Å²) in [5, 5.41) is 12.4. The number of halogens is 1. The minimum absolute atomic E-state index is 0.0921. The number of fused-ring (bicyclic) bond motifs is 1. The maximum atomic E-state index is 13.2. The van der Waals surface area contributed by atoms with Crippen molar-refractivity contribution >= 4 is 17.0 Å². The SMILES string of the molecule is CC(C)c1cc(C#N)cc2nc(-c3ccc(C(=O)NCC4CCC(c5ccc(F)cc5)CC4)cc3)oc12. The summed E-state index contributed by atoms with van der Waals surface area (Å²) in [5.41, 5.74) is 5.44. The maximum absolute atomic E-state index is 13.2. The fourth-order valence-electron chi connectivity index (χ4n) is 5.21. The van der Waals surface area contributed by atoms with Gasteiger partial charge in [0.05, 0.1) is 11.6 Å². The standard InChI is InChI=1S/C31H30FN3O2/c1-19(2)27-15-21(17-33)16-28-29(27)37-31(35-28)25-9-7-24(8-10-25)30(36)34-18-20-3-5-22(6-4-20)23-11-13-26(32)14-12-23/h7-16,19-20,22H,3-6,18H2,1-2H3,(H,34,36). The highest BCUT2D eigenvalue weighted by molar-refractivity contribution is 5.94. The second-order valence-electron chi connectivity index (χ2n) is 10.3. The van der Waals surface area contributed by atoms with Gasteiger partial charge >= 0.3 is 0 Å². The van der Waals surface area contributed by atoms with Crippen molar-refractivity contribution in [1.29, 1.82) is 5.26 Å². The predicted molar refractivity (Wildman–Crippen MR) is 142 cm³/mol. The average molecular weight is 496 g/mol. The second kappa shape index (κ2) is 10.6. The third kappa shape index (κ3) is 5.41. The number of aromatic nitrogens is 1. The molecule has 1 fully saturated rings. The molecule has 37 heavy (non-hydrogen) atoms. The summed E-state index contributed by atoms with van der Waals surface area (Å²) < 4.78 is 19.3. The molecule has 0 atom stereocenters. The van der Waals surface area contributed by atoms with Crippen molar-refractivity contribution in [2.75, 3.05) is 6.54 Å². The van der Waals surface area contributed by atoms with Gasteiger partial charge in [-0.3, -0.25) is 4.79 Å². The molecular formula is C31H30FN3O2. The summed E-state index contributed by atoms with van der Waals surface area (Å²) in [6.45, 7) is 4.77. The van der Waals surface area contributed by atoms with E-state index in [0.717, 1.165) is 36.8 Å². The molecule has 1 heterocycles. The van der Waals surface area contributed by atoms with Crippen LogP contribution >= 0.6 is 0 Å². The van der Waals surface area contributed by atoms with E-state index in [0.29, 0.717) is 46.5 Å². The van der Waals surface area contributed by atoms with Crippen molar-refractivity contribution in [3.8, 4) is 17.5 Å². The summed E-state index contributed by atoms with van der Waals surface area (Å²) in [7, 11) is 0. The van der Waals surface area contributed by atoms with Gasteiger partial charge in [0.2, 0.25) is 5.89 Å². The Morgan fingerprint density at radius 2 is 1.78 bits per heavy atom. The number of hydrogen-bond acceptors (Lipinski definition) is 4. The van der Waals surface area contributed by atoms with Crippen LogP contribution in [0, 0.1) is 23.1 Å². The molecule has 0 bridgehead atoms. The Kier molecular flexibility index (Phi) is 7.05. The Hall–Kier alpha value is -3.98. The number of carbonyl (C=O) groups is 1. The van der Waals surface area contributed by atoms with Gasteiger partial charge in [-0.25, -0.2) is 9.37 Å². The molecule has 188 valence electrons. The topological polar surface area (TPSA) is 78.9 Å². The lowest BCUT2D eigenvalue weighted by Gasteiger charge is -2.29. The van der Waals surface area contributed by atoms with Gasteiger partial charge in [-0.1, -0.05) is 26.0 Å². The maximum Gasteiger partial charge on any atom is 0.251 e. The smallest absolute Gasteiger partial charge is 0.251 e. The number of oxazole rings is 1. The van der Waals surface area contributed by atoms with Gasteiger partial charge in [-0.15, -0.1) is 0 Å². The average Bonchev–Trinajstić information content (AvgIpc) is 3.36. The molecule has 0 spiro atoms. The first-order valence-corrected chi connectivity index (χ1v) is 12.9. The van der Waals surface area contributed by atoms with E-state index in [4.69, 9.17) is 4.42 Å². The van der Waals surface area contributed by atoms with Gasteiger partial charge in [-0.2, -0.15) is 5.26 Å². The molecule has 1 aliphatic carbocycles. The zero-order valence-corrected chi connectivity index (χ0v) is 21.1. The van der Waals surface area contributed by atoms with Crippen LogP contribution in [0.4, 0.5) is 4.39 Å². The molecule has 3 aromatic carbocycles. The molecule has 1 aliphatic rings. The quantitative estimate of drug-likeness (QED) is 0.304. The lowest BCUT2D eigenvalue weighted by molar-refractivity contribution is 0.0943. The number of hydrogen-bond donors (Lipinski definition) is 1. The van der Waals surface area contributed by atoms with Gasteiger partial charge in [-0.05, 0) is 97.5 Å². The number of nitrogens with zero attached hydrogens (tertiary/aromatic N) is 2. The highest BCUT2D eigenvalue weighted by Crippen LogP contribution is 2.36. The molecule has 1 N–H and O–H groups in total. The van der Waals surface area contributed by atoms with Crippen LogP contribution < -0.4 is 5.32 Å². The van der Waals surface area contributed by atoms with Crippen LogP contribution in [0.2, 0.25) is 0 Å². The van der Waals surface area contributed by atoms with Crippen LogP contribution in [0.15, 0.2) is 65.1 Å². The number of nitrogens with one attached hydrogen (secondary N) is 1. The van der Waals surface area contributed by atoms with E-state index < -0.39 is 0 Å². The second-order valence-corrected chi connectivity index (χ2v) is 10.3. The molecule has 0 saturated heterocycles. The van der Waals surface area contributed by atoms with Crippen molar-refractivity contribution < 1.29 is 13.6 Å². The number of amides is 1. The Balaban J connectivity index is 1.19. The third-order valence-electron chi connectivity index (χ3n) is 7.40. The first-order chi connectivity index (χ1) is 17.9. The van der Waals surface area contributed by atoms with Crippen LogP contribution in [0.25, 0.3) is 22.6 Å². The van der Waals surface area contributed by atoms with E-state index in [1.54, 1.807) is 18.2 Å². The summed E-state index contributed by atoms with van der Waals surface area (Å²) in [6.07, 6.45) is 4.20. The number of nitriles is 1. The number of carbonyl (C=O) groups excluding carboxylic acids is 1.